The number of carbonyl (C=O) groups excluding carboxylic acids is 1. The first-order chi connectivity index (χ1) is 9.51. The zero-order chi connectivity index (χ0) is 14.8. The van der Waals surface area contributed by atoms with E-state index in [4.69, 9.17) is 4.74 Å². The molecule has 1 N–H and O–H groups in total. The highest BCUT2D eigenvalue weighted by atomic mass is 16.5. The maximum atomic E-state index is 12.4. The van der Waals surface area contributed by atoms with Crippen molar-refractivity contribution in [2.45, 2.75) is 45.6 Å². The maximum Gasteiger partial charge on any atom is 0.327 e. The summed E-state index contributed by atoms with van der Waals surface area (Å²) < 4.78 is 5.14. The Kier molecular flexibility index (Phi) is 5.08. The van der Waals surface area contributed by atoms with Crippen LogP contribution < -0.4 is 5.32 Å². The third-order valence-electron chi connectivity index (χ3n) is 4.73. The summed E-state index contributed by atoms with van der Waals surface area (Å²) in [5.41, 5.74) is -0.486. The number of ether oxygens (including phenoxy) is 1. The molecule has 2 fully saturated rings. The van der Waals surface area contributed by atoms with Gasteiger partial charge in [0.2, 0.25) is 0 Å². The molecule has 1 saturated carbocycles. The van der Waals surface area contributed by atoms with Gasteiger partial charge in [-0.3, -0.25) is 0 Å². The van der Waals surface area contributed by atoms with Crippen LogP contribution in [-0.4, -0.2) is 49.7 Å². The zero-order valence-electron chi connectivity index (χ0n) is 13.4. The topological polar surface area (TPSA) is 41.6 Å². The number of esters is 1. The number of likely N-dealkylation sites (tertiary alicyclic amines) is 1. The molecule has 1 saturated heterocycles. The molecule has 0 aromatic rings. The van der Waals surface area contributed by atoms with Crippen molar-refractivity contribution in [2.75, 3.05) is 33.3 Å². The molecule has 0 spiro atoms. The van der Waals surface area contributed by atoms with Crippen LogP contribution in [0.25, 0.3) is 0 Å². The van der Waals surface area contributed by atoms with E-state index in [9.17, 15) is 4.79 Å². The van der Waals surface area contributed by atoms with Gasteiger partial charge < -0.3 is 15.0 Å². The zero-order valence-corrected chi connectivity index (χ0v) is 13.4. The summed E-state index contributed by atoms with van der Waals surface area (Å²) in [6.07, 6.45) is 3.58. The van der Waals surface area contributed by atoms with Gasteiger partial charge in [0.15, 0.2) is 0 Å². The highest BCUT2D eigenvalue weighted by molar-refractivity contribution is 5.82. The first-order valence-electron chi connectivity index (χ1n) is 8.07. The summed E-state index contributed by atoms with van der Waals surface area (Å²) in [5.74, 6) is 1.81. The summed E-state index contributed by atoms with van der Waals surface area (Å²) in [5, 5.41) is 3.47. The number of carbonyl (C=O) groups is 1. The number of rotatable bonds is 6. The summed E-state index contributed by atoms with van der Waals surface area (Å²) in [6, 6.07) is 0. The number of hydrogen-bond donors (Lipinski definition) is 1. The molecule has 2 rings (SSSR count). The second kappa shape index (κ2) is 6.44. The molecule has 0 aromatic carbocycles. The molecule has 3 atom stereocenters. The van der Waals surface area contributed by atoms with Gasteiger partial charge in [-0.25, -0.2) is 4.79 Å². The average molecular weight is 282 g/mol. The molecule has 0 aromatic heterocycles. The number of hydrogen-bond acceptors (Lipinski definition) is 4. The van der Waals surface area contributed by atoms with Crippen LogP contribution in [0.5, 0.6) is 0 Å². The van der Waals surface area contributed by atoms with Crippen molar-refractivity contribution >= 4 is 5.97 Å². The Balaban J connectivity index is 2.12. The lowest BCUT2D eigenvalue weighted by Crippen LogP contribution is -2.62. The fraction of sp³-hybridized carbons (Fsp3) is 0.938. The van der Waals surface area contributed by atoms with Crippen LogP contribution in [-0.2, 0) is 9.53 Å². The molecule has 4 heteroatoms. The highest BCUT2D eigenvalue weighted by Crippen LogP contribution is 2.41. The summed E-state index contributed by atoms with van der Waals surface area (Å²) >= 11 is 0. The number of nitrogens with one attached hydrogen (secondary N) is 1. The molecule has 4 nitrogen and oxygen atoms in total. The summed E-state index contributed by atoms with van der Waals surface area (Å²) in [4.78, 5) is 14.9. The molecular formula is C16H30N2O2. The molecule has 0 bridgehead atoms. The molecule has 2 aliphatic rings. The Bertz CT molecular complexity index is 333. The number of piperidine rings is 1. The van der Waals surface area contributed by atoms with Gasteiger partial charge in [-0.05, 0) is 43.6 Å². The molecule has 3 unspecified atom stereocenters. The summed E-state index contributed by atoms with van der Waals surface area (Å²) in [6.45, 7) is 10.5. The van der Waals surface area contributed by atoms with Crippen molar-refractivity contribution in [3.05, 3.63) is 0 Å². The Hall–Kier alpha value is -0.610. The first-order valence-corrected chi connectivity index (χ1v) is 8.07. The van der Waals surface area contributed by atoms with Crippen molar-refractivity contribution in [1.82, 2.24) is 10.2 Å². The molecule has 1 heterocycles. The van der Waals surface area contributed by atoms with E-state index in [0.29, 0.717) is 5.92 Å². The van der Waals surface area contributed by atoms with Gasteiger partial charge in [0.25, 0.3) is 0 Å². The maximum absolute atomic E-state index is 12.4. The lowest BCUT2D eigenvalue weighted by molar-refractivity contribution is -0.151. The monoisotopic (exact) mass is 282 g/mol. The number of methoxy groups -OCH3 is 1. The molecule has 1 aliphatic carbocycles. The molecular weight excluding hydrogens is 252 g/mol. The molecule has 0 radical (unpaired) electrons. The van der Waals surface area contributed by atoms with Gasteiger partial charge in [0, 0.05) is 19.6 Å². The number of nitrogens with zero attached hydrogens (tertiary/aromatic N) is 1. The fourth-order valence-corrected chi connectivity index (χ4v) is 3.98. The quantitative estimate of drug-likeness (QED) is 0.756. The van der Waals surface area contributed by atoms with Crippen LogP contribution in [0.2, 0.25) is 0 Å². The fourth-order valence-electron chi connectivity index (χ4n) is 3.98. The lowest BCUT2D eigenvalue weighted by Gasteiger charge is -2.41. The molecule has 0 amide bonds. The van der Waals surface area contributed by atoms with Crippen LogP contribution in [0.1, 0.15) is 40.0 Å². The Labute approximate surface area is 123 Å². The molecule has 1 aliphatic heterocycles. The smallest absolute Gasteiger partial charge is 0.327 e. The Morgan fingerprint density at radius 1 is 1.30 bits per heavy atom. The van der Waals surface area contributed by atoms with Crippen LogP contribution in [0, 0.1) is 17.8 Å². The third kappa shape index (κ3) is 3.34. The van der Waals surface area contributed by atoms with E-state index in [1.54, 1.807) is 0 Å². The van der Waals surface area contributed by atoms with Crippen molar-refractivity contribution < 1.29 is 9.53 Å². The summed E-state index contributed by atoms with van der Waals surface area (Å²) in [7, 11) is 1.51. The minimum atomic E-state index is -0.486. The van der Waals surface area contributed by atoms with Crippen molar-refractivity contribution in [3.8, 4) is 0 Å². The van der Waals surface area contributed by atoms with Gasteiger partial charge in [0.1, 0.15) is 5.54 Å². The van der Waals surface area contributed by atoms with Crippen molar-refractivity contribution in [3.63, 3.8) is 0 Å². The van der Waals surface area contributed by atoms with E-state index in [0.717, 1.165) is 50.9 Å². The predicted octanol–water partition coefficient (Wildman–Crippen LogP) is 1.90. The Morgan fingerprint density at radius 2 is 1.90 bits per heavy atom. The van der Waals surface area contributed by atoms with Gasteiger partial charge in [0.05, 0.1) is 7.11 Å². The van der Waals surface area contributed by atoms with E-state index in [1.807, 2.05) is 0 Å². The van der Waals surface area contributed by atoms with Crippen LogP contribution in [0.15, 0.2) is 0 Å². The lowest BCUT2D eigenvalue weighted by atomic mass is 9.87. The van der Waals surface area contributed by atoms with E-state index in [2.05, 4.69) is 31.0 Å². The first kappa shape index (κ1) is 15.8. The van der Waals surface area contributed by atoms with E-state index in [1.165, 1.54) is 13.5 Å². The van der Waals surface area contributed by atoms with Gasteiger partial charge in [-0.2, -0.15) is 0 Å². The normalized spacial score (nSPS) is 30.8. The van der Waals surface area contributed by atoms with Gasteiger partial charge >= 0.3 is 5.97 Å². The SMILES string of the molecule is CCNC(CN1CC(C)CC(C)C1)(C(=O)OC)C1CC1. The second-order valence-electron chi connectivity index (χ2n) is 6.91. The average Bonchev–Trinajstić information content (AvgIpc) is 3.20. The second-order valence-corrected chi connectivity index (χ2v) is 6.91. The standard InChI is InChI=1S/C16H30N2O2/c1-5-17-16(14-6-7-14,15(19)20-4)11-18-9-12(2)8-13(3)10-18/h12-14,17H,5-11H2,1-4H3. The van der Waals surface area contributed by atoms with E-state index in [-0.39, 0.29) is 5.97 Å². The van der Waals surface area contributed by atoms with Gasteiger partial charge in [-0.1, -0.05) is 20.8 Å². The van der Waals surface area contributed by atoms with Crippen molar-refractivity contribution in [1.29, 1.82) is 0 Å². The van der Waals surface area contributed by atoms with Gasteiger partial charge in [-0.15, -0.1) is 0 Å². The Morgan fingerprint density at radius 3 is 2.35 bits per heavy atom. The minimum absolute atomic E-state index is 0.0762. The molecule has 116 valence electrons. The minimum Gasteiger partial charge on any atom is -0.468 e. The number of likely N-dealkylation sites (N-methyl/N-ethyl adjacent to an activating group) is 1. The van der Waals surface area contributed by atoms with Crippen molar-refractivity contribution in [2.24, 2.45) is 17.8 Å². The molecule has 20 heavy (non-hydrogen) atoms. The van der Waals surface area contributed by atoms with E-state index < -0.39 is 5.54 Å². The third-order valence-corrected chi connectivity index (χ3v) is 4.73. The predicted molar refractivity (Wildman–Crippen MR) is 80.5 cm³/mol. The van der Waals surface area contributed by atoms with E-state index >= 15 is 0 Å². The van der Waals surface area contributed by atoms with Crippen LogP contribution >= 0.6 is 0 Å². The van der Waals surface area contributed by atoms with Crippen LogP contribution in [0.4, 0.5) is 0 Å². The van der Waals surface area contributed by atoms with Crippen LogP contribution in [0.3, 0.4) is 0 Å². The largest absolute Gasteiger partial charge is 0.468 e. The highest BCUT2D eigenvalue weighted by Gasteiger charge is 2.52.